The van der Waals surface area contributed by atoms with E-state index in [1.165, 1.54) is 6.07 Å². The Morgan fingerprint density at radius 3 is 2.55 bits per heavy atom. The van der Waals surface area contributed by atoms with Crippen molar-refractivity contribution in [3.8, 4) is 0 Å². The number of carbonyl (C=O) groups is 2. The second-order valence-corrected chi connectivity index (χ2v) is 5.27. The highest BCUT2D eigenvalue weighted by Crippen LogP contribution is 2.25. The Bertz CT molecular complexity index is 508. The highest BCUT2D eigenvalue weighted by Gasteiger charge is 2.25. The molecule has 0 saturated carbocycles. The van der Waals surface area contributed by atoms with E-state index in [2.05, 4.69) is 10.6 Å². The fraction of sp³-hybridized carbons (Fsp3) is 0.385. The molecular formula is C13H16Cl2N2O3. The summed E-state index contributed by atoms with van der Waals surface area (Å²) in [4.78, 5) is 22.9. The van der Waals surface area contributed by atoms with Gasteiger partial charge in [0.2, 0.25) is 0 Å². The van der Waals surface area contributed by atoms with E-state index in [4.69, 9.17) is 28.3 Å². The predicted octanol–water partition coefficient (Wildman–Crippen LogP) is 3.61. The molecule has 1 aromatic rings. The highest BCUT2D eigenvalue weighted by molar-refractivity contribution is 6.35. The molecule has 0 aromatic heterocycles. The van der Waals surface area contributed by atoms with Crippen LogP contribution in [0.3, 0.4) is 0 Å². The van der Waals surface area contributed by atoms with Crippen molar-refractivity contribution in [2.75, 3.05) is 5.32 Å². The Balaban J connectivity index is 2.75. The van der Waals surface area contributed by atoms with Gasteiger partial charge in [0.1, 0.15) is 6.04 Å². The van der Waals surface area contributed by atoms with Gasteiger partial charge >= 0.3 is 12.0 Å². The summed E-state index contributed by atoms with van der Waals surface area (Å²) < 4.78 is 0. The monoisotopic (exact) mass is 318 g/mol. The molecule has 0 heterocycles. The van der Waals surface area contributed by atoms with E-state index in [0.717, 1.165) is 0 Å². The summed E-state index contributed by atoms with van der Waals surface area (Å²) in [6.45, 7) is 3.61. The minimum atomic E-state index is -1.08. The van der Waals surface area contributed by atoms with Crippen molar-refractivity contribution in [2.45, 2.75) is 26.3 Å². The maximum absolute atomic E-state index is 11.8. The van der Waals surface area contributed by atoms with Crippen LogP contribution in [0, 0.1) is 5.92 Å². The molecule has 0 aliphatic rings. The average molecular weight is 319 g/mol. The maximum atomic E-state index is 11.8. The van der Waals surface area contributed by atoms with Gasteiger partial charge in [-0.15, -0.1) is 0 Å². The number of anilines is 1. The molecule has 2 amide bonds. The van der Waals surface area contributed by atoms with Gasteiger partial charge in [-0.3, -0.25) is 0 Å². The molecule has 0 saturated heterocycles. The van der Waals surface area contributed by atoms with Crippen LogP contribution in [0.1, 0.15) is 20.3 Å². The van der Waals surface area contributed by atoms with Crippen LogP contribution in [0.25, 0.3) is 0 Å². The topological polar surface area (TPSA) is 78.4 Å². The van der Waals surface area contributed by atoms with Crippen molar-refractivity contribution in [1.29, 1.82) is 0 Å². The number of halogens is 2. The number of aliphatic carboxylic acids is 1. The average Bonchev–Trinajstić information content (AvgIpc) is 2.39. The lowest BCUT2D eigenvalue weighted by Crippen LogP contribution is -2.46. The van der Waals surface area contributed by atoms with Gasteiger partial charge in [0.15, 0.2) is 0 Å². The molecule has 7 heteroatoms. The molecule has 3 N–H and O–H groups in total. The summed E-state index contributed by atoms with van der Waals surface area (Å²) >= 11 is 11.7. The first-order valence-electron chi connectivity index (χ1n) is 6.10. The summed E-state index contributed by atoms with van der Waals surface area (Å²) in [5, 5.41) is 14.7. The third kappa shape index (κ3) is 4.58. The summed E-state index contributed by atoms with van der Waals surface area (Å²) in [6.07, 6.45) is 0.634. The minimum Gasteiger partial charge on any atom is -0.480 e. The first kappa shape index (κ1) is 16.6. The van der Waals surface area contributed by atoms with Crippen LogP contribution in [0.4, 0.5) is 10.5 Å². The molecule has 1 rings (SSSR count). The lowest BCUT2D eigenvalue weighted by molar-refractivity contribution is -0.140. The number of nitrogens with one attached hydrogen (secondary N) is 2. The Hall–Kier alpha value is -1.46. The molecule has 0 bridgehead atoms. The number of hydrogen-bond donors (Lipinski definition) is 3. The molecule has 0 radical (unpaired) electrons. The Morgan fingerprint density at radius 2 is 2.00 bits per heavy atom. The van der Waals surface area contributed by atoms with E-state index in [1.807, 2.05) is 6.92 Å². The number of carbonyl (C=O) groups excluding carboxylic acids is 1. The van der Waals surface area contributed by atoms with Crippen molar-refractivity contribution in [3.63, 3.8) is 0 Å². The third-order valence-electron chi connectivity index (χ3n) is 2.94. The second-order valence-electron chi connectivity index (χ2n) is 4.42. The second kappa shape index (κ2) is 7.36. The van der Waals surface area contributed by atoms with E-state index in [0.29, 0.717) is 22.2 Å². The van der Waals surface area contributed by atoms with Crippen LogP contribution in [0.2, 0.25) is 10.0 Å². The van der Waals surface area contributed by atoms with Crippen LogP contribution in [-0.4, -0.2) is 23.1 Å². The van der Waals surface area contributed by atoms with Crippen molar-refractivity contribution >= 4 is 40.9 Å². The molecule has 0 unspecified atom stereocenters. The van der Waals surface area contributed by atoms with Gasteiger partial charge in [-0.1, -0.05) is 43.5 Å². The summed E-state index contributed by atoms with van der Waals surface area (Å²) in [5.74, 6) is -1.26. The fourth-order valence-corrected chi connectivity index (χ4v) is 1.91. The van der Waals surface area contributed by atoms with Gasteiger partial charge in [0, 0.05) is 5.02 Å². The van der Waals surface area contributed by atoms with E-state index in [9.17, 15) is 9.59 Å². The molecule has 0 fully saturated rings. The van der Waals surface area contributed by atoms with Gasteiger partial charge in [0.25, 0.3) is 0 Å². The third-order valence-corrected chi connectivity index (χ3v) is 3.51. The molecule has 0 aliphatic carbocycles. The lowest BCUT2D eigenvalue weighted by Gasteiger charge is -2.20. The van der Waals surface area contributed by atoms with E-state index >= 15 is 0 Å². The SMILES string of the molecule is CC[C@@H](C)[C@H](NC(=O)Nc1cc(Cl)ccc1Cl)C(=O)O. The molecule has 20 heavy (non-hydrogen) atoms. The van der Waals surface area contributed by atoms with Crippen LogP contribution in [-0.2, 0) is 4.79 Å². The van der Waals surface area contributed by atoms with Crippen molar-refractivity contribution in [3.05, 3.63) is 28.2 Å². The van der Waals surface area contributed by atoms with Crippen molar-refractivity contribution in [1.82, 2.24) is 5.32 Å². The molecule has 1 aromatic carbocycles. The van der Waals surface area contributed by atoms with Gasteiger partial charge in [-0.25, -0.2) is 9.59 Å². The van der Waals surface area contributed by atoms with Gasteiger partial charge in [-0.2, -0.15) is 0 Å². The smallest absolute Gasteiger partial charge is 0.326 e. The molecule has 5 nitrogen and oxygen atoms in total. The van der Waals surface area contributed by atoms with E-state index in [-0.39, 0.29) is 5.92 Å². The standard InChI is InChI=1S/C13H16Cl2N2O3/c1-3-7(2)11(12(18)19)17-13(20)16-10-6-8(14)4-5-9(10)15/h4-7,11H,3H2,1-2H3,(H,18,19)(H2,16,17,20)/t7-,11+/m1/s1. The number of hydrogen-bond acceptors (Lipinski definition) is 2. The number of benzene rings is 1. The summed E-state index contributed by atoms with van der Waals surface area (Å²) in [6, 6.07) is 3.03. The predicted molar refractivity (Wildman–Crippen MR) is 79.5 cm³/mol. The number of rotatable bonds is 5. The number of carboxylic acid groups (broad SMARTS) is 1. The van der Waals surface area contributed by atoms with E-state index < -0.39 is 18.0 Å². The Kier molecular flexibility index (Phi) is 6.10. The van der Waals surface area contributed by atoms with Crippen LogP contribution >= 0.6 is 23.2 Å². The van der Waals surface area contributed by atoms with Crippen LogP contribution < -0.4 is 10.6 Å². The van der Waals surface area contributed by atoms with Crippen LogP contribution in [0.15, 0.2) is 18.2 Å². The normalized spacial score (nSPS) is 13.4. The van der Waals surface area contributed by atoms with Gasteiger partial charge in [0.05, 0.1) is 10.7 Å². The molecule has 2 atom stereocenters. The van der Waals surface area contributed by atoms with E-state index in [1.54, 1.807) is 19.1 Å². The number of amides is 2. The number of urea groups is 1. The summed E-state index contributed by atoms with van der Waals surface area (Å²) in [7, 11) is 0. The highest BCUT2D eigenvalue weighted by atomic mass is 35.5. The van der Waals surface area contributed by atoms with Gasteiger partial charge in [-0.05, 0) is 24.1 Å². The quantitative estimate of drug-likeness (QED) is 0.775. The first-order valence-corrected chi connectivity index (χ1v) is 6.86. The minimum absolute atomic E-state index is 0.187. The van der Waals surface area contributed by atoms with Crippen molar-refractivity contribution < 1.29 is 14.7 Å². The molecule has 0 spiro atoms. The summed E-state index contributed by atoms with van der Waals surface area (Å²) in [5.41, 5.74) is 0.324. The van der Waals surface area contributed by atoms with Crippen molar-refractivity contribution in [2.24, 2.45) is 5.92 Å². The number of carboxylic acids is 1. The Morgan fingerprint density at radius 1 is 1.35 bits per heavy atom. The molecule has 0 aliphatic heterocycles. The Labute approximate surface area is 127 Å². The molecule has 110 valence electrons. The fourth-order valence-electron chi connectivity index (χ4n) is 1.58. The zero-order valence-electron chi connectivity index (χ0n) is 11.1. The first-order chi connectivity index (χ1) is 9.35. The van der Waals surface area contributed by atoms with Gasteiger partial charge < -0.3 is 15.7 Å². The van der Waals surface area contributed by atoms with Crippen LogP contribution in [0.5, 0.6) is 0 Å². The zero-order valence-corrected chi connectivity index (χ0v) is 12.6. The maximum Gasteiger partial charge on any atom is 0.326 e. The molecular weight excluding hydrogens is 303 g/mol. The zero-order chi connectivity index (χ0) is 15.3. The lowest BCUT2D eigenvalue weighted by atomic mass is 9.99. The largest absolute Gasteiger partial charge is 0.480 e.